The summed E-state index contributed by atoms with van der Waals surface area (Å²) in [5, 5.41) is 16.1. The summed E-state index contributed by atoms with van der Waals surface area (Å²) in [5.41, 5.74) is 5.49. The van der Waals surface area contributed by atoms with E-state index in [-0.39, 0.29) is 28.0 Å². The average Bonchev–Trinajstić information content (AvgIpc) is 2.68. The number of pyridine rings is 1. The Morgan fingerprint density at radius 2 is 2.24 bits per heavy atom. The third-order valence-corrected chi connectivity index (χ3v) is 2.33. The molecule has 2 aromatic rings. The van der Waals surface area contributed by atoms with E-state index in [0.29, 0.717) is 5.89 Å². The van der Waals surface area contributed by atoms with Crippen LogP contribution >= 0.6 is 11.6 Å². The fourth-order valence-corrected chi connectivity index (χ4v) is 1.38. The molecule has 0 aromatic carbocycles. The molecule has 0 unspecified atom stereocenters. The maximum atomic E-state index is 10.9. The normalized spacial score (nSPS) is 10.5. The van der Waals surface area contributed by atoms with Gasteiger partial charge in [-0.25, -0.2) is 9.78 Å². The van der Waals surface area contributed by atoms with Gasteiger partial charge in [0, 0.05) is 6.92 Å². The minimum Gasteiger partial charge on any atom is -0.476 e. The van der Waals surface area contributed by atoms with Crippen LogP contribution < -0.4 is 5.73 Å². The molecule has 7 nitrogen and oxygen atoms in total. The van der Waals surface area contributed by atoms with Crippen molar-refractivity contribution in [2.75, 3.05) is 5.73 Å². The lowest BCUT2D eigenvalue weighted by Gasteiger charge is -2.03. The maximum absolute atomic E-state index is 10.9. The van der Waals surface area contributed by atoms with Gasteiger partial charge in [-0.3, -0.25) is 0 Å². The van der Waals surface area contributed by atoms with Crippen molar-refractivity contribution in [2.24, 2.45) is 0 Å². The maximum Gasteiger partial charge on any atom is 0.356 e. The number of carbonyl (C=O) groups is 1. The molecule has 0 aliphatic carbocycles. The van der Waals surface area contributed by atoms with Gasteiger partial charge in [0.15, 0.2) is 5.69 Å². The molecular formula is C9H7ClN4O3. The predicted octanol–water partition coefficient (Wildman–Crippen LogP) is 1.37. The number of aryl methyl sites for hydroxylation is 1. The summed E-state index contributed by atoms with van der Waals surface area (Å²) in [4.78, 5) is 14.7. The summed E-state index contributed by atoms with van der Waals surface area (Å²) in [6, 6.07) is 1.38. The number of anilines is 1. The smallest absolute Gasteiger partial charge is 0.356 e. The van der Waals surface area contributed by atoms with Crippen molar-refractivity contribution in [3.63, 3.8) is 0 Å². The number of rotatable bonds is 2. The van der Waals surface area contributed by atoms with Crippen LogP contribution in [0, 0.1) is 6.92 Å². The van der Waals surface area contributed by atoms with E-state index in [1.165, 1.54) is 6.07 Å². The highest BCUT2D eigenvalue weighted by Crippen LogP contribution is 2.27. The molecular weight excluding hydrogens is 248 g/mol. The molecule has 0 atom stereocenters. The van der Waals surface area contributed by atoms with Crippen LogP contribution in [0.4, 0.5) is 5.69 Å². The minimum atomic E-state index is -1.28. The second-order valence-corrected chi connectivity index (χ2v) is 3.57. The molecule has 0 saturated heterocycles. The van der Waals surface area contributed by atoms with E-state index in [2.05, 4.69) is 15.2 Å². The highest BCUT2D eigenvalue weighted by Gasteiger charge is 2.18. The Morgan fingerprint density at radius 1 is 1.53 bits per heavy atom. The Balaban J connectivity index is 2.60. The minimum absolute atomic E-state index is 0.0879. The van der Waals surface area contributed by atoms with Crippen LogP contribution in [-0.2, 0) is 0 Å². The van der Waals surface area contributed by atoms with Gasteiger partial charge in [0.05, 0.1) is 10.7 Å². The first-order valence-corrected chi connectivity index (χ1v) is 4.86. The second-order valence-electron chi connectivity index (χ2n) is 3.19. The summed E-state index contributed by atoms with van der Waals surface area (Å²) in [7, 11) is 0. The molecule has 0 bridgehead atoms. The standard InChI is InChI=1S/C9H7ClN4O3/c1-3-13-14-8(17-3)5-2-4(11)6(10)7(12-5)9(15)16/h2H,1H3,(H2,11,12)(H,15,16). The number of hydrogen-bond acceptors (Lipinski definition) is 6. The second kappa shape index (κ2) is 4.02. The quantitative estimate of drug-likeness (QED) is 0.831. The summed E-state index contributed by atoms with van der Waals surface area (Å²) in [6.45, 7) is 1.61. The Morgan fingerprint density at radius 3 is 2.76 bits per heavy atom. The molecule has 2 rings (SSSR count). The van der Waals surface area contributed by atoms with E-state index >= 15 is 0 Å². The number of nitrogen functional groups attached to an aromatic ring is 1. The van der Waals surface area contributed by atoms with E-state index in [0.717, 1.165) is 0 Å². The number of aromatic nitrogens is 3. The van der Waals surface area contributed by atoms with Gasteiger partial charge in [-0.2, -0.15) is 0 Å². The molecule has 17 heavy (non-hydrogen) atoms. The van der Waals surface area contributed by atoms with Crippen molar-refractivity contribution >= 4 is 23.3 Å². The summed E-state index contributed by atoms with van der Waals surface area (Å²) in [6.07, 6.45) is 0. The van der Waals surface area contributed by atoms with Crippen LogP contribution in [0.1, 0.15) is 16.4 Å². The molecule has 2 heterocycles. The lowest BCUT2D eigenvalue weighted by Crippen LogP contribution is -2.05. The lowest BCUT2D eigenvalue weighted by atomic mass is 10.2. The van der Waals surface area contributed by atoms with E-state index in [1.54, 1.807) is 6.92 Å². The molecule has 3 N–H and O–H groups in total. The molecule has 88 valence electrons. The fourth-order valence-electron chi connectivity index (χ4n) is 1.20. The van der Waals surface area contributed by atoms with Crippen molar-refractivity contribution in [2.45, 2.75) is 6.92 Å². The predicted molar refractivity (Wildman–Crippen MR) is 58.6 cm³/mol. The number of halogens is 1. The molecule has 8 heteroatoms. The highest BCUT2D eigenvalue weighted by molar-refractivity contribution is 6.35. The van der Waals surface area contributed by atoms with Crippen LogP contribution in [0.25, 0.3) is 11.6 Å². The van der Waals surface area contributed by atoms with Gasteiger partial charge in [-0.05, 0) is 6.07 Å². The highest BCUT2D eigenvalue weighted by atomic mass is 35.5. The molecule has 0 aliphatic rings. The molecule has 0 radical (unpaired) electrons. The zero-order valence-corrected chi connectivity index (χ0v) is 9.39. The van der Waals surface area contributed by atoms with Crippen LogP contribution in [0.2, 0.25) is 5.02 Å². The Hall–Kier alpha value is -2.15. The zero-order chi connectivity index (χ0) is 12.6. The zero-order valence-electron chi connectivity index (χ0n) is 8.64. The molecule has 0 amide bonds. The van der Waals surface area contributed by atoms with Gasteiger partial charge in [-0.1, -0.05) is 11.6 Å². The van der Waals surface area contributed by atoms with E-state index in [4.69, 9.17) is 26.9 Å². The summed E-state index contributed by atoms with van der Waals surface area (Å²) in [5.74, 6) is -0.847. The van der Waals surface area contributed by atoms with Crippen LogP contribution in [-0.4, -0.2) is 26.3 Å². The van der Waals surface area contributed by atoms with E-state index in [1.807, 2.05) is 0 Å². The van der Waals surface area contributed by atoms with Crippen molar-refractivity contribution in [1.29, 1.82) is 0 Å². The van der Waals surface area contributed by atoms with Crippen molar-refractivity contribution in [1.82, 2.24) is 15.2 Å². The number of carboxylic acid groups (broad SMARTS) is 1. The van der Waals surface area contributed by atoms with Gasteiger partial charge in [0.1, 0.15) is 5.69 Å². The lowest BCUT2D eigenvalue weighted by molar-refractivity contribution is 0.0691. The van der Waals surface area contributed by atoms with Crippen LogP contribution in [0.3, 0.4) is 0 Å². The van der Waals surface area contributed by atoms with E-state index in [9.17, 15) is 4.79 Å². The molecule has 0 fully saturated rings. The third-order valence-electron chi connectivity index (χ3n) is 1.93. The molecule has 0 aliphatic heterocycles. The van der Waals surface area contributed by atoms with Gasteiger partial charge < -0.3 is 15.3 Å². The van der Waals surface area contributed by atoms with Crippen molar-refractivity contribution in [3.05, 3.63) is 22.7 Å². The van der Waals surface area contributed by atoms with Gasteiger partial charge in [0.2, 0.25) is 5.89 Å². The topological polar surface area (TPSA) is 115 Å². The SMILES string of the molecule is Cc1nnc(-c2cc(N)c(Cl)c(C(=O)O)n2)o1. The molecule has 0 saturated carbocycles. The van der Waals surface area contributed by atoms with Gasteiger partial charge in [-0.15, -0.1) is 10.2 Å². The first kappa shape index (κ1) is 11.3. The largest absolute Gasteiger partial charge is 0.476 e. The third kappa shape index (κ3) is 2.04. The first-order valence-electron chi connectivity index (χ1n) is 4.49. The van der Waals surface area contributed by atoms with Gasteiger partial charge >= 0.3 is 5.97 Å². The number of carboxylic acids is 1. The van der Waals surface area contributed by atoms with Crippen molar-refractivity contribution in [3.8, 4) is 11.6 Å². The Kier molecular flexibility index (Phi) is 2.68. The van der Waals surface area contributed by atoms with Crippen LogP contribution in [0.15, 0.2) is 10.5 Å². The number of aromatic carboxylic acids is 1. The monoisotopic (exact) mass is 254 g/mol. The van der Waals surface area contributed by atoms with Crippen molar-refractivity contribution < 1.29 is 14.3 Å². The number of hydrogen-bond donors (Lipinski definition) is 2. The van der Waals surface area contributed by atoms with Gasteiger partial charge in [0.25, 0.3) is 5.89 Å². The molecule has 0 spiro atoms. The molecule has 2 aromatic heterocycles. The first-order chi connectivity index (χ1) is 7.99. The van der Waals surface area contributed by atoms with E-state index < -0.39 is 5.97 Å². The number of nitrogens with two attached hydrogens (primary N) is 1. The summed E-state index contributed by atoms with van der Waals surface area (Å²) >= 11 is 5.72. The Bertz CT molecular complexity index is 596. The fraction of sp³-hybridized carbons (Fsp3) is 0.111. The Labute approximate surface area is 100 Å². The average molecular weight is 255 g/mol. The van der Waals surface area contributed by atoms with Crippen LogP contribution in [0.5, 0.6) is 0 Å². The summed E-state index contributed by atoms with van der Waals surface area (Å²) < 4.78 is 5.12. The number of nitrogens with zero attached hydrogens (tertiary/aromatic N) is 3.